The van der Waals surface area contributed by atoms with Crippen LogP contribution in [-0.2, 0) is 16.5 Å². The summed E-state index contributed by atoms with van der Waals surface area (Å²) in [4.78, 5) is 0.870. The van der Waals surface area contributed by atoms with E-state index >= 15 is 0 Å². The van der Waals surface area contributed by atoms with Crippen molar-refractivity contribution in [1.29, 1.82) is 0 Å². The first-order valence-corrected chi connectivity index (χ1v) is 7.52. The topological polar surface area (TPSA) is 43.4 Å². The molecule has 0 radical (unpaired) electrons. The van der Waals surface area contributed by atoms with Crippen LogP contribution < -0.4 is 4.18 Å². The van der Waals surface area contributed by atoms with E-state index in [2.05, 4.69) is 4.18 Å². The van der Waals surface area contributed by atoms with Crippen molar-refractivity contribution in [2.24, 2.45) is 0 Å². The predicted octanol–water partition coefficient (Wildman–Crippen LogP) is 3.20. The molecule has 1 aromatic carbocycles. The van der Waals surface area contributed by atoms with Crippen LogP contribution in [0.1, 0.15) is 12.5 Å². The van der Waals surface area contributed by atoms with Crippen molar-refractivity contribution >= 4 is 21.9 Å². The highest BCUT2D eigenvalue weighted by Gasteiger charge is 2.48. The van der Waals surface area contributed by atoms with Gasteiger partial charge in [-0.25, -0.2) is 0 Å². The fraction of sp³-hybridized carbons (Fsp3) is 0.400. The van der Waals surface area contributed by atoms with Crippen molar-refractivity contribution in [2.45, 2.75) is 23.7 Å². The second-order valence-electron chi connectivity index (χ2n) is 3.31. The first kappa shape index (κ1) is 15.2. The van der Waals surface area contributed by atoms with E-state index in [-0.39, 0.29) is 5.75 Å². The fourth-order valence-corrected chi connectivity index (χ4v) is 2.38. The minimum Gasteiger partial charge on any atom is -0.376 e. The molecule has 0 spiro atoms. The Kier molecular flexibility index (Phi) is 4.55. The molecular weight excluding hydrogens is 289 g/mol. The lowest BCUT2D eigenvalue weighted by Gasteiger charge is -2.11. The van der Waals surface area contributed by atoms with E-state index in [0.29, 0.717) is 6.42 Å². The Hall–Kier alpha value is -0.890. The predicted molar refractivity (Wildman–Crippen MR) is 63.2 cm³/mol. The lowest BCUT2D eigenvalue weighted by atomic mass is 10.2. The molecule has 0 saturated heterocycles. The maximum atomic E-state index is 12.1. The van der Waals surface area contributed by atoms with Gasteiger partial charge in [0, 0.05) is 4.90 Å². The summed E-state index contributed by atoms with van der Waals surface area (Å²) in [6.07, 6.45) is 2.39. The zero-order valence-corrected chi connectivity index (χ0v) is 11.2. The van der Waals surface area contributed by atoms with Gasteiger partial charge >= 0.3 is 15.6 Å². The van der Waals surface area contributed by atoms with Gasteiger partial charge in [-0.1, -0.05) is 6.92 Å². The van der Waals surface area contributed by atoms with Gasteiger partial charge in [-0.15, -0.1) is 11.8 Å². The molecule has 102 valence electrons. The zero-order valence-electron chi connectivity index (χ0n) is 9.61. The van der Waals surface area contributed by atoms with Crippen molar-refractivity contribution in [2.75, 3.05) is 6.26 Å². The molecule has 8 heteroatoms. The molecule has 0 N–H and O–H groups in total. The lowest BCUT2D eigenvalue weighted by Crippen LogP contribution is -2.28. The van der Waals surface area contributed by atoms with Crippen molar-refractivity contribution in [3.05, 3.63) is 23.8 Å². The van der Waals surface area contributed by atoms with Gasteiger partial charge in [0.1, 0.15) is 5.75 Å². The average molecular weight is 300 g/mol. The van der Waals surface area contributed by atoms with E-state index in [9.17, 15) is 21.6 Å². The summed E-state index contributed by atoms with van der Waals surface area (Å²) in [5.74, 6) is -0.332. The number of aryl methyl sites for hydroxylation is 1. The molecule has 0 atom stereocenters. The van der Waals surface area contributed by atoms with Gasteiger partial charge in [0.2, 0.25) is 0 Å². The first-order valence-electron chi connectivity index (χ1n) is 4.89. The van der Waals surface area contributed by atoms with Gasteiger partial charge in [0.25, 0.3) is 0 Å². The molecule has 0 bridgehead atoms. The summed E-state index contributed by atoms with van der Waals surface area (Å²) in [5.41, 5.74) is -4.69. The van der Waals surface area contributed by atoms with Gasteiger partial charge in [-0.2, -0.15) is 21.6 Å². The molecule has 0 heterocycles. The third-order valence-corrected chi connectivity index (χ3v) is 3.94. The molecule has 0 aliphatic rings. The van der Waals surface area contributed by atoms with Gasteiger partial charge in [-0.05, 0) is 36.4 Å². The molecular formula is C10H11F3O3S2. The van der Waals surface area contributed by atoms with Crippen LogP contribution in [0.3, 0.4) is 0 Å². The summed E-state index contributed by atoms with van der Waals surface area (Å²) in [6.45, 7) is 1.82. The summed E-state index contributed by atoms with van der Waals surface area (Å²) >= 11 is 1.43. The van der Waals surface area contributed by atoms with Gasteiger partial charge in [-0.3, -0.25) is 0 Å². The Labute approximate surface area is 107 Å². The monoisotopic (exact) mass is 300 g/mol. The number of rotatable bonds is 4. The number of benzene rings is 1. The highest BCUT2D eigenvalue weighted by Crippen LogP contribution is 2.30. The highest BCUT2D eigenvalue weighted by molar-refractivity contribution is 7.98. The molecule has 0 aromatic heterocycles. The highest BCUT2D eigenvalue weighted by atomic mass is 32.2. The molecule has 1 aromatic rings. The van der Waals surface area contributed by atoms with Crippen LogP contribution in [0.4, 0.5) is 13.2 Å². The van der Waals surface area contributed by atoms with Crippen LogP contribution in [0.5, 0.6) is 5.75 Å². The van der Waals surface area contributed by atoms with Crippen LogP contribution in [0, 0.1) is 0 Å². The van der Waals surface area contributed by atoms with Crippen LogP contribution in [0.25, 0.3) is 0 Å². The van der Waals surface area contributed by atoms with Crippen molar-refractivity contribution in [3.8, 4) is 5.75 Å². The van der Waals surface area contributed by atoms with Crippen LogP contribution in [0.15, 0.2) is 23.1 Å². The van der Waals surface area contributed by atoms with E-state index in [1.165, 1.54) is 30.0 Å². The maximum Gasteiger partial charge on any atom is 0.534 e. The molecule has 1 rings (SSSR count). The zero-order chi connectivity index (χ0) is 14.0. The van der Waals surface area contributed by atoms with Crippen LogP contribution in [0.2, 0.25) is 0 Å². The smallest absolute Gasteiger partial charge is 0.376 e. The number of hydrogen-bond acceptors (Lipinski definition) is 4. The second-order valence-corrected chi connectivity index (χ2v) is 5.70. The van der Waals surface area contributed by atoms with E-state index in [1.54, 1.807) is 0 Å². The Morgan fingerprint density at radius 3 is 2.39 bits per heavy atom. The molecule has 0 saturated carbocycles. The summed E-state index contributed by atoms with van der Waals surface area (Å²) in [7, 11) is -5.60. The lowest BCUT2D eigenvalue weighted by molar-refractivity contribution is -0.0500. The Bertz CT molecular complexity index is 524. The quantitative estimate of drug-likeness (QED) is 0.486. The number of alkyl halides is 3. The van der Waals surface area contributed by atoms with Crippen LogP contribution >= 0.6 is 11.8 Å². The number of hydrogen-bond donors (Lipinski definition) is 0. The van der Waals surface area contributed by atoms with E-state index < -0.39 is 15.6 Å². The van der Waals surface area contributed by atoms with E-state index in [1.807, 2.05) is 13.2 Å². The Morgan fingerprint density at radius 1 is 1.33 bits per heavy atom. The van der Waals surface area contributed by atoms with Crippen molar-refractivity contribution < 1.29 is 25.8 Å². The van der Waals surface area contributed by atoms with Gasteiger partial charge in [0.05, 0.1) is 0 Å². The minimum atomic E-state index is -5.60. The number of halogens is 3. The molecule has 0 aliphatic carbocycles. The number of thioether (sulfide) groups is 1. The average Bonchev–Trinajstić information content (AvgIpc) is 2.26. The standard InChI is InChI=1S/C10H11F3O3S2/c1-3-7-6-8(4-5-9(7)17-2)16-18(14,15)10(11,12)13/h4-6H,3H2,1-2H3. The van der Waals surface area contributed by atoms with Crippen molar-refractivity contribution in [1.82, 2.24) is 0 Å². The Balaban J connectivity index is 3.07. The third-order valence-electron chi connectivity index (χ3n) is 2.12. The maximum absolute atomic E-state index is 12.1. The van der Waals surface area contributed by atoms with Crippen molar-refractivity contribution in [3.63, 3.8) is 0 Å². The largest absolute Gasteiger partial charge is 0.534 e. The molecule has 0 fully saturated rings. The molecule has 3 nitrogen and oxygen atoms in total. The summed E-state index contributed by atoms with van der Waals surface area (Å²) in [6, 6.07) is 4.04. The fourth-order valence-electron chi connectivity index (χ4n) is 1.26. The second kappa shape index (κ2) is 5.40. The molecule has 18 heavy (non-hydrogen) atoms. The molecule has 0 amide bonds. The third kappa shape index (κ3) is 3.32. The normalized spacial score (nSPS) is 12.5. The first-order chi connectivity index (χ1) is 8.21. The SMILES string of the molecule is CCc1cc(OS(=O)(=O)C(F)(F)F)ccc1SC. The molecule has 0 aliphatic heterocycles. The summed E-state index contributed by atoms with van der Waals surface area (Å²) in [5, 5.41) is 0. The summed E-state index contributed by atoms with van der Waals surface area (Å²) < 4.78 is 62.1. The van der Waals surface area contributed by atoms with Gasteiger partial charge < -0.3 is 4.18 Å². The minimum absolute atomic E-state index is 0.332. The van der Waals surface area contributed by atoms with Gasteiger partial charge in [0.15, 0.2) is 0 Å². The van der Waals surface area contributed by atoms with E-state index in [4.69, 9.17) is 0 Å². The molecule has 0 unspecified atom stereocenters. The van der Waals surface area contributed by atoms with E-state index in [0.717, 1.165) is 10.5 Å². The Morgan fingerprint density at radius 2 is 1.94 bits per heavy atom. The van der Waals surface area contributed by atoms with Crippen LogP contribution in [-0.4, -0.2) is 20.2 Å².